The maximum atomic E-state index is 13.3. The highest BCUT2D eigenvalue weighted by molar-refractivity contribution is 7.89. The Morgan fingerprint density at radius 3 is 2.50 bits per heavy atom. The second kappa shape index (κ2) is 7.61. The summed E-state index contributed by atoms with van der Waals surface area (Å²) >= 11 is 0. The smallest absolute Gasteiger partial charge is 0.243 e. The predicted octanol–water partition coefficient (Wildman–Crippen LogP) is 2.31. The van der Waals surface area contributed by atoms with Crippen LogP contribution in [0.25, 0.3) is 0 Å². The highest BCUT2D eigenvalue weighted by Gasteiger charge is 2.32. The van der Waals surface area contributed by atoms with E-state index in [1.165, 1.54) is 22.5 Å². The Bertz CT molecular complexity index is 696. The first-order valence-corrected chi connectivity index (χ1v) is 9.70. The van der Waals surface area contributed by atoms with Gasteiger partial charge in [0.05, 0.1) is 4.90 Å². The number of amides is 1. The Balaban J connectivity index is 2.00. The summed E-state index contributed by atoms with van der Waals surface area (Å²) in [6.45, 7) is 6.84. The third kappa shape index (κ3) is 4.33. The number of benzene rings is 1. The van der Waals surface area contributed by atoms with Gasteiger partial charge < -0.3 is 5.32 Å². The minimum atomic E-state index is -3.64. The van der Waals surface area contributed by atoms with Crippen molar-refractivity contribution in [1.29, 1.82) is 0 Å². The molecule has 0 saturated carbocycles. The van der Waals surface area contributed by atoms with Gasteiger partial charge in [-0.15, -0.1) is 0 Å². The molecule has 0 spiro atoms. The molecule has 0 unspecified atom stereocenters. The number of rotatable bonds is 5. The Kier molecular flexibility index (Phi) is 5.98. The van der Waals surface area contributed by atoms with Crippen molar-refractivity contribution >= 4 is 15.9 Å². The second-order valence-electron chi connectivity index (χ2n) is 6.73. The van der Waals surface area contributed by atoms with E-state index in [2.05, 4.69) is 5.32 Å². The first-order chi connectivity index (χ1) is 11.2. The fourth-order valence-corrected chi connectivity index (χ4v) is 4.29. The van der Waals surface area contributed by atoms with E-state index < -0.39 is 15.8 Å². The van der Waals surface area contributed by atoms with Gasteiger partial charge in [-0.1, -0.05) is 13.8 Å². The summed E-state index contributed by atoms with van der Waals surface area (Å²) in [5.41, 5.74) is 0.305. The van der Waals surface area contributed by atoms with Crippen LogP contribution in [0.5, 0.6) is 0 Å². The van der Waals surface area contributed by atoms with Crippen molar-refractivity contribution in [3.63, 3.8) is 0 Å². The molecule has 1 heterocycles. The van der Waals surface area contributed by atoms with Gasteiger partial charge in [0.25, 0.3) is 0 Å². The van der Waals surface area contributed by atoms with Crippen LogP contribution < -0.4 is 5.32 Å². The Morgan fingerprint density at radius 2 is 1.96 bits per heavy atom. The van der Waals surface area contributed by atoms with Gasteiger partial charge in [-0.05, 0) is 49.4 Å². The first-order valence-electron chi connectivity index (χ1n) is 8.26. The molecule has 1 amide bonds. The van der Waals surface area contributed by atoms with E-state index in [9.17, 15) is 17.6 Å². The van der Waals surface area contributed by atoms with Crippen molar-refractivity contribution in [3.8, 4) is 0 Å². The van der Waals surface area contributed by atoms with Crippen LogP contribution in [0.15, 0.2) is 23.1 Å². The third-order valence-corrected chi connectivity index (χ3v) is 6.17. The molecule has 0 atom stereocenters. The quantitative estimate of drug-likeness (QED) is 0.880. The molecule has 5 nitrogen and oxygen atoms in total. The highest BCUT2D eigenvalue weighted by atomic mass is 32.2. The van der Waals surface area contributed by atoms with Crippen LogP contribution in [-0.2, 0) is 14.8 Å². The molecular weight excluding hydrogens is 331 g/mol. The standard InChI is InChI=1S/C17H25FN2O3S/c1-12(2)11-19-17(21)14-6-8-20(9-7-14)24(22,23)15-4-5-16(18)13(3)10-15/h4-5,10,12,14H,6-9,11H2,1-3H3,(H,19,21). The number of sulfonamides is 1. The molecule has 1 fully saturated rings. The summed E-state index contributed by atoms with van der Waals surface area (Å²) in [5, 5.41) is 2.90. The van der Waals surface area contributed by atoms with E-state index in [0.717, 1.165) is 0 Å². The van der Waals surface area contributed by atoms with Crippen LogP contribution >= 0.6 is 0 Å². The predicted molar refractivity (Wildman–Crippen MR) is 90.5 cm³/mol. The van der Waals surface area contributed by atoms with Crippen molar-refractivity contribution in [2.75, 3.05) is 19.6 Å². The van der Waals surface area contributed by atoms with E-state index in [0.29, 0.717) is 44.0 Å². The van der Waals surface area contributed by atoms with E-state index in [-0.39, 0.29) is 16.7 Å². The van der Waals surface area contributed by atoms with Gasteiger partial charge in [0.2, 0.25) is 15.9 Å². The highest BCUT2D eigenvalue weighted by Crippen LogP contribution is 2.25. The molecule has 1 saturated heterocycles. The molecule has 0 bridgehead atoms. The number of nitrogens with zero attached hydrogens (tertiary/aromatic N) is 1. The molecule has 134 valence electrons. The summed E-state index contributed by atoms with van der Waals surface area (Å²) in [5.74, 6) is -0.186. The topological polar surface area (TPSA) is 66.5 Å². The number of hydrogen-bond donors (Lipinski definition) is 1. The normalized spacial score (nSPS) is 17.2. The summed E-state index contributed by atoms with van der Waals surface area (Å²) in [7, 11) is -3.64. The lowest BCUT2D eigenvalue weighted by atomic mass is 9.97. The molecule has 0 radical (unpaired) electrons. The van der Waals surface area contributed by atoms with Crippen molar-refractivity contribution in [2.45, 2.75) is 38.5 Å². The summed E-state index contributed by atoms with van der Waals surface area (Å²) in [4.78, 5) is 12.2. The van der Waals surface area contributed by atoms with Crippen molar-refractivity contribution in [1.82, 2.24) is 9.62 Å². The van der Waals surface area contributed by atoms with Gasteiger partial charge in [0.1, 0.15) is 5.82 Å². The molecule has 1 aromatic rings. The molecule has 1 N–H and O–H groups in total. The van der Waals surface area contributed by atoms with Gasteiger partial charge in [0.15, 0.2) is 0 Å². The van der Waals surface area contributed by atoms with Crippen LogP contribution in [-0.4, -0.2) is 38.3 Å². The fourth-order valence-electron chi connectivity index (χ4n) is 2.73. The monoisotopic (exact) mass is 356 g/mol. The van der Waals surface area contributed by atoms with Crippen molar-refractivity contribution in [3.05, 3.63) is 29.6 Å². The maximum absolute atomic E-state index is 13.3. The van der Waals surface area contributed by atoms with Crippen LogP contribution in [0.3, 0.4) is 0 Å². The number of piperidine rings is 1. The van der Waals surface area contributed by atoms with Crippen LogP contribution in [0, 0.1) is 24.6 Å². The largest absolute Gasteiger partial charge is 0.356 e. The number of aryl methyl sites for hydroxylation is 1. The van der Waals surface area contributed by atoms with Gasteiger partial charge in [-0.25, -0.2) is 12.8 Å². The van der Waals surface area contributed by atoms with E-state index in [1.807, 2.05) is 13.8 Å². The zero-order valence-corrected chi connectivity index (χ0v) is 15.2. The Hall–Kier alpha value is -1.47. The van der Waals surface area contributed by atoms with Gasteiger partial charge in [-0.3, -0.25) is 4.79 Å². The van der Waals surface area contributed by atoms with E-state index in [4.69, 9.17) is 0 Å². The van der Waals surface area contributed by atoms with Crippen molar-refractivity contribution in [2.24, 2.45) is 11.8 Å². The third-order valence-electron chi connectivity index (χ3n) is 4.28. The first kappa shape index (κ1) is 18.9. The van der Waals surface area contributed by atoms with Gasteiger partial charge in [0, 0.05) is 25.6 Å². The minimum absolute atomic E-state index is 0.00151. The number of nitrogens with one attached hydrogen (secondary N) is 1. The molecule has 2 rings (SSSR count). The molecule has 7 heteroatoms. The zero-order valence-electron chi connectivity index (χ0n) is 14.4. The number of hydrogen-bond acceptors (Lipinski definition) is 3. The molecule has 0 aromatic heterocycles. The Morgan fingerprint density at radius 1 is 1.33 bits per heavy atom. The molecule has 1 aliphatic heterocycles. The van der Waals surface area contributed by atoms with Crippen molar-refractivity contribution < 1.29 is 17.6 Å². The fraction of sp³-hybridized carbons (Fsp3) is 0.588. The minimum Gasteiger partial charge on any atom is -0.356 e. The average molecular weight is 356 g/mol. The maximum Gasteiger partial charge on any atom is 0.243 e. The van der Waals surface area contributed by atoms with E-state index in [1.54, 1.807) is 6.92 Å². The Labute approximate surface area is 143 Å². The lowest BCUT2D eigenvalue weighted by Gasteiger charge is -2.30. The summed E-state index contributed by atoms with van der Waals surface area (Å²) in [6, 6.07) is 3.82. The zero-order chi connectivity index (χ0) is 17.9. The molecule has 1 aromatic carbocycles. The molecular formula is C17H25FN2O3S. The second-order valence-corrected chi connectivity index (χ2v) is 8.67. The van der Waals surface area contributed by atoms with E-state index >= 15 is 0 Å². The molecule has 24 heavy (non-hydrogen) atoms. The summed E-state index contributed by atoms with van der Waals surface area (Å²) < 4.78 is 40.0. The number of carbonyl (C=O) groups is 1. The van der Waals surface area contributed by atoms with Gasteiger partial charge in [-0.2, -0.15) is 4.31 Å². The average Bonchev–Trinajstić information content (AvgIpc) is 2.55. The lowest BCUT2D eigenvalue weighted by Crippen LogP contribution is -2.43. The lowest BCUT2D eigenvalue weighted by molar-refractivity contribution is -0.126. The SMILES string of the molecule is Cc1cc(S(=O)(=O)N2CCC(C(=O)NCC(C)C)CC2)ccc1F. The van der Waals surface area contributed by atoms with Crippen LogP contribution in [0.1, 0.15) is 32.3 Å². The summed E-state index contributed by atoms with van der Waals surface area (Å²) in [6.07, 6.45) is 1.01. The van der Waals surface area contributed by atoms with Crippen LogP contribution in [0.2, 0.25) is 0 Å². The van der Waals surface area contributed by atoms with Gasteiger partial charge >= 0.3 is 0 Å². The van der Waals surface area contributed by atoms with Crippen LogP contribution in [0.4, 0.5) is 4.39 Å². The molecule has 1 aliphatic rings. The molecule has 0 aliphatic carbocycles. The number of halogens is 1. The number of carbonyl (C=O) groups excluding carboxylic acids is 1.